The maximum atomic E-state index is 12.1. The highest BCUT2D eigenvalue weighted by Gasteiger charge is 2.19. The zero-order chi connectivity index (χ0) is 17.4. The molecule has 0 unspecified atom stereocenters. The normalized spacial score (nSPS) is 20.0. The van der Waals surface area contributed by atoms with E-state index in [9.17, 15) is 4.79 Å². The fourth-order valence-electron chi connectivity index (χ4n) is 2.85. The summed E-state index contributed by atoms with van der Waals surface area (Å²) in [5.41, 5.74) is 1.44. The molecular weight excluding hydrogens is 427 g/mol. The average Bonchev–Trinajstić information content (AvgIpc) is 2.60. The Kier molecular flexibility index (Phi) is 9.35. The molecule has 0 atom stereocenters. The number of carbonyl (C=O) groups is 1. The van der Waals surface area contributed by atoms with Crippen molar-refractivity contribution in [1.29, 1.82) is 0 Å². The minimum atomic E-state index is -0.135. The van der Waals surface area contributed by atoms with Gasteiger partial charge in [-0.15, -0.1) is 30.4 Å². The largest absolute Gasteiger partial charge is 0.354 e. The summed E-state index contributed by atoms with van der Waals surface area (Å²) in [6, 6.07) is 7.67. The van der Waals surface area contributed by atoms with Crippen molar-refractivity contribution in [1.82, 2.24) is 10.6 Å². The van der Waals surface area contributed by atoms with E-state index in [1.165, 1.54) is 12.8 Å². The van der Waals surface area contributed by atoms with E-state index in [-0.39, 0.29) is 36.4 Å². The number of halogens is 1. The number of aliphatic imine (C=N–C) groups is 1. The van der Waals surface area contributed by atoms with Gasteiger partial charge in [-0.3, -0.25) is 9.79 Å². The Hall–Kier alpha value is -1.75. The van der Waals surface area contributed by atoms with E-state index < -0.39 is 0 Å². The molecule has 0 aromatic heterocycles. The molecule has 1 aromatic carbocycles. The Morgan fingerprint density at radius 3 is 2.68 bits per heavy atom. The lowest BCUT2D eigenvalue weighted by atomic mass is 9.87. The van der Waals surface area contributed by atoms with E-state index in [4.69, 9.17) is 6.42 Å². The van der Waals surface area contributed by atoms with Crippen molar-refractivity contribution >= 4 is 41.5 Å². The molecule has 0 heterocycles. The molecule has 0 bridgehead atoms. The van der Waals surface area contributed by atoms with Crippen LogP contribution in [0.25, 0.3) is 0 Å². The maximum absolute atomic E-state index is 12.1. The summed E-state index contributed by atoms with van der Waals surface area (Å²) in [4.78, 5) is 16.3. The third-order valence-corrected chi connectivity index (χ3v) is 4.31. The molecule has 136 valence electrons. The molecule has 0 saturated heterocycles. The first kappa shape index (κ1) is 21.3. The number of terminal acetylenes is 1. The van der Waals surface area contributed by atoms with Crippen LogP contribution in [0.3, 0.4) is 0 Å². The molecule has 1 saturated carbocycles. The summed E-state index contributed by atoms with van der Waals surface area (Å²) in [6.45, 7) is 2.45. The summed E-state index contributed by atoms with van der Waals surface area (Å²) in [6.07, 6.45) is 10.1. The molecule has 1 aliphatic carbocycles. The number of carbonyl (C=O) groups excluding carboxylic acids is 1. The molecule has 0 aliphatic heterocycles. The van der Waals surface area contributed by atoms with E-state index in [1.54, 1.807) is 13.1 Å². The third kappa shape index (κ3) is 7.34. The number of guanidine groups is 1. The summed E-state index contributed by atoms with van der Waals surface area (Å²) >= 11 is 0. The molecule has 5 nitrogen and oxygen atoms in total. The van der Waals surface area contributed by atoms with Crippen LogP contribution in [0.4, 0.5) is 5.69 Å². The number of nitrogens with zero attached hydrogens (tertiary/aromatic N) is 1. The second kappa shape index (κ2) is 11.0. The maximum Gasteiger partial charge on any atom is 0.243 e. The van der Waals surface area contributed by atoms with Gasteiger partial charge in [0.15, 0.2) is 5.96 Å². The minimum absolute atomic E-state index is 0. The van der Waals surface area contributed by atoms with E-state index in [1.807, 2.05) is 18.2 Å². The second-order valence-corrected chi connectivity index (χ2v) is 6.30. The minimum Gasteiger partial charge on any atom is -0.354 e. The van der Waals surface area contributed by atoms with Crippen LogP contribution < -0.4 is 16.0 Å². The highest BCUT2D eigenvalue weighted by molar-refractivity contribution is 14.0. The molecular formula is C19H27IN4O. The standard InChI is InChI=1S/C19H26N4O.HI/c1-4-15-6-5-7-17(12-15)22-18(24)13-21-19(20-3)23-16-10-8-14(2)9-11-16;/h1,5-7,12,14,16H,8-11,13H2,2-3H3,(H,22,24)(H2,20,21,23);1H. The first-order chi connectivity index (χ1) is 11.6. The predicted octanol–water partition coefficient (Wildman–Crippen LogP) is 2.97. The van der Waals surface area contributed by atoms with Crippen molar-refractivity contribution in [2.75, 3.05) is 18.9 Å². The van der Waals surface area contributed by atoms with Gasteiger partial charge < -0.3 is 16.0 Å². The highest BCUT2D eigenvalue weighted by atomic mass is 127. The predicted molar refractivity (Wildman–Crippen MR) is 114 cm³/mol. The Morgan fingerprint density at radius 2 is 2.04 bits per heavy atom. The first-order valence-electron chi connectivity index (χ1n) is 8.44. The zero-order valence-electron chi connectivity index (χ0n) is 14.8. The van der Waals surface area contributed by atoms with Crippen molar-refractivity contribution in [3.8, 4) is 12.3 Å². The SMILES string of the molecule is C#Cc1cccc(NC(=O)CNC(=NC)NC2CCC(C)CC2)c1.I. The lowest BCUT2D eigenvalue weighted by Gasteiger charge is -2.28. The van der Waals surface area contributed by atoms with Gasteiger partial charge in [-0.05, 0) is 49.8 Å². The molecule has 6 heteroatoms. The number of anilines is 1. The number of hydrogen-bond acceptors (Lipinski definition) is 2. The Balaban J connectivity index is 0.00000312. The highest BCUT2D eigenvalue weighted by Crippen LogP contribution is 2.23. The molecule has 1 fully saturated rings. The van der Waals surface area contributed by atoms with Crippen LogP contribution in [0.2, 0.25) is 0 Å². The van der Waals surface area contributed by atoms with E-state index in [0.717, 1.165) is 24.3 Å². The third-order valence-electron chi connectivity index (χ3n) is 4.31. The van der Waals surface area contributed by atoms with Crippen molar-refractivity contribution in [3.05, 3.63) is 29.8 Å². The lowest BCUT2D eigenvalue weighted by molar-refractivity contribution is -0.115. The van der Waals surface area contributed by atoms with Crippen LogP contribution in [0, 0.1) is 18.3 Å². The van der Waals surface area contributed by atoms with Gasteiger partial charge in [-0.25, -0.2) is 0 Å². The topological polar surface area (TPSA) is 65.5 Å². The molecule has 1 amide bonds. The van der Waals surface area contributed by atoms with Gasteiger partial charge in [0.25, 0.3) is 0 Å². The fourth-order valence-corrected chi connectivity index (χ4v) is 2.85. The summed E-state index contributed by atoms with van der Waals surface area (Å²) < 4.78 is 0. The van der Waals surface area contributed by atoms with Crippen molar-refractivity contribution in [3.63, 3.8) is 0 Å². The number of hydrogen-bond donors (Lipinski definition) is 3. The summed E-state index contributed by atoms with van der Waals surface area (Å²) in [5.74, 6) is 3.89. The van der Waals surface area contributed by atoms with Crippen molar-refractivity contribution in [2.45, 2.75) is 38.6 Å². The number of nitrogens with one attached hydrogen (secondary N) is 3. The monoisotopic (exact) mass is 454 g/mol. The number of amides is 1. The van der Waals surface area contributed by atoms with Gasteiger partial charge in [0.05, 0.1) is 6.54 Å². The van der Waals surface area contributed by atoms with Crippen LogP contribution in [-0.4, -0.2) is 31.5 Å². The van der Waals surface area contributed by atoms with Crippen LogP contribution >= 0.6 is 24.0 Å². The van der Waals surface area contributed by atoms with Crippen molar-refractivity contribution < 1.29 is 4.79 Å². The first-order valence-corrected chi connectivity index (χ1v) is 8.44. The van der Waals surface area contributed by atoms with Crippen LogP contribution in [-0.2, 0) is 4.79 Å². The van der Waals surface area contributed by atoms with E-state index in [0.29, 0.717) is 17.7 Å². The molecule has 0 radical (unpaired) electrons. The number of rotatable bonds is 4. The van der Waals surface area contributed by atoms with Gasteiger partial charge >= 0.3 is 0 Å². The van der Waals surface area contributed by atoms with Gasteiger partial charge in [-0.1, -0.05) is 18.9 Å². The van der Waals surface area contributed by atoms with Crippen LogP contribution in [0.15, 0.2) is 29.3 Å². The molecule has 25 heavy (non-hydrogen) atoms. The summed E-state index contributed by atoms with van der Waals surface area (Å²) in [7, 11) is 1.72. The average molecular weight is 454 g/mol. The molecule has 1 aliphatic rings. The molecule has 0 spiro atoms. The number of benzene rings is 1. The van der Waals surface area contributed by atoms with Gasteiger partial charge in [-0.2, -0.15) is 0 Å². The Morgan fingerprint density at radius 1 is 1.32 bits per heavy atom. The quantitative estimate of drug-likeness (QED) is 0.284. The fraction of sp³-hybridized carbons (Fsp3) is 0.474. The Labute approximate surface area is 167 Å². The van der Waals surface area contributed by atoms with Crippen molar-refractivity contribution in [2.24, 2.45) is 10.9 Å². The molecule has 3 N–H and O–H groups in total. The zero-order valence-corrected chi connectivity index (χ0v) is 17.2. The van der Waals surface area contributed by atoms with Crippen LogP contribution in [0.1, 0.15) is 38.2 Å². The molecule has 2 rings (SSSR count). The van der Waals surface area contributed by atoms with Crippen LogP contribution in [0.5, 0.6) is 0 Å². The van der Waals surface area contributed by atoms with Gasteiger partial charge in [0, 0.05) is 24.3 Å². The van der Waals surface area contributed by atoms with Gasteiger partial charge in [0.1, 0.15) is 0 Å². The Bertz CT molecular complexity index is 631. The van der Waals surface area contributed by atoms with E-state index >= 15 is 0 Å². The smallest absolute Gasteiger partial charge is 0.243 e. The van der Waals surface area contributed by atoms with Gasteiger partial charge in [0.2, 0.25) is 5.91 Å². The lowest BCUT2D eigenvalue weighted by Crippen LogP contribution is -2.46. The second-order valence-electron chi connectivity index (χ2n) is 6.30. The van der Waals surface area contributed by atoms with E-state index in [2.05, 4.69) is 33.8 Å². The molecule has 1 aromatic rings. The summed E-state index contributed by atoms with van der Waals surface area (Å²) in [5, 5.41) is 9.28.